The van der Waals surface area contributed by atoms with E-state index in [0.29, 0.717) is 124 Å². The standard InChI is InChI=1S/C77H97N3O5/c1-44-34-50-35-48-21-22-53-56-42-80-66(48)57(53)43-79-59(56)18-7-15-52-16-9-29-73(52)30-11-31-74(73)41-51(40-72(74)27-4-5-28-72)60(79)38-61(81)68-75-32-23-54-64(67(50)80)55(44)36-47-20-19-46(49-13-8-26-71(39-49)24-2-3-25-71)37-62(76(75,65(47)54)70(83)84-68)77(75)58-17-6-12-45(14-10-33-78)63(58)69(82)85-77/h6,12,17,19-20,44,46-49,51-53,55-57,59-60,62,64,66,81H,2-5,8-11,13-14,16,18,21-43,78H2,1H3. The van der Waals surface area contributed by atoms with Crippen LogP contribution in [0.25, 0.3) is 0 Å². The molecule has 0 radical (unpaired) electrons. The molecule has 450 valence electrons. The molecule has 19 aliphatic rings. The average molecular weight is 1140 g/mol. The predicted octanol–water partition coefficient (Wildman–Crippen LogP) is 15.0. The number of fused-ring (bicyclic) bond motifs is 7. The molecule has 21 unspecified atom stereocenters. The lowest BCUT2D eigenvalue weighted by molar-refractivity contribution is -0.282. The molecule has 11 fully saturated rings. The Morgan fingerprint density at radius 2 is 1.62 bits per heavy atom. The van der Waals surface area contributed by atoms with Gasteiger partial charge in [0.25, 0.3) is 0 Å². The third-order valence-electron chi connectivity index (χ3n) is 32.3. The highest BCUT2D eigenvalue weighted by atomic mass is 16.6. The van der Waals surface area contributed by atoms with E-state index in [-0.39, 0.29) is 47.1 Å². The molecule has 20 rings (SSSR count). The number of benzene rings is 1. The Hall–Kier alpha value is -3.80. The third kappa shape index (κ3) is 5.99. The first kappa shape index (κ1) is 52.0. The lowest BCUT2D eigenvalue weighted by Gasteiger charge is -2.73. The molecule has 7 heterocycles. The van der Waals surface area contributed by atoms with Gasteiger partial charge in [-0.3, -0.25) is 9.69 Å². The second-order valence-electron chi connectivity index (χ2n) is 34.2. The molecule has 1 aromatic rings. The number of aryl methyl sites for hydroxylation is 1. The summed E-state index contributed by atoms with van der Waals surface area (Å²) in [4.78, 5) is 39.2. The van der Waals surface area contributed by atoms with Gasteiger partial charge in [-0.25, -0.2) is 4.79 Å². The Labute approximate surface area is 507 Å². The van der Waals surface area contributed by atoms with Gasteiger partial charge in [0.2, 0.25) is 0 Å². The van der Waals surface area contributed by atoms with E-state index in [1.165, 1.54) is 160 Å². The molecule has 12 aliphatic carbocycles. The van der Waals surface area contributed by atoms with Crippen molar-refractivity contribution in [2.24, 2.45) is 115 Å². The van der Waals surface area contributed by atoms with Crippen LogP contribution in [0.5, 0.6) is 0 Å². The van der Waals surface area contributed by atoms with Crippen molar-refractivity contribution in [3.63, 3.8) is 0 Å². The molecule has 3 N–H and O–H groups in total. The third-order valence-corrected chi connectivity index (χ3v) is 32.3. The number of carbonyl (C=O) groups is 2. The zero-order valence-electron chi connectivity index (χ0n) is 51.4. The van der Waals surface area contributed by atoms with Crippen LogP contribution < -0.4 is 5.73 Å². The molecular weight excluding hydrogens is 1050 g/mol. The maximum Gasteiger partial charge on any atom is 0.339 e. The Morgan fingerprint density at radius 3 is 2.51 bits per heavy atom. The van der Waals surface area contributed by atoms with Crippen LogP contribution in [-0.4, -0.2) is 64.6 Å². The number of carbonyl (C=O) groups excluding carboxylic acids is 2. The molecule has 7 aliphatic heterocycles. The van der Waals surface area contributed by atoms with Gasteiger partial charge in [-0.05, 0) is 252 Å². The smallest absolute Gasteiger partial charge is 0.339 e. The molecule has 0 aromatic heterocycles. The fourth-order valence-corrected chi connectivity index (χ4v) is 30.2. The second kappa shape index (κ2) is 17.6. The summed E-state index contributed by atoms with van der Waals surface area (Å²) in [7, 11) is 0. The van der Waals surface area contributed by atoms with Crippen molar-refractivity contribution in [3.8, 4) is 11.8 Å². The van der Waals surface area contributed by atoms with Crippen molar-refractivity contribution in [2.45, 2.75) is 236 Å². The van der Waals surface area contributed by atoms with Crippen LogP contribution in [0, 0.1) is 121 Å². The molecule has 8 heteroatoms. The number of hydrogen-bond donors (Lipinski definition) is 2. The molecule has 21 atom stereocenters. The molecule has 11 bridgehead atoms. The van der Waals surface area contributed by atoms with Crippen molar-refractivity contribution >= 4 is 11.9 Å². The second-order valence-corrected chi connectivity index (χ2v) is 34.2. The Kier molecular flexibility index (Phi) is 10.8. The van der Waals surface area contributed by atoms with Crippen LogP contribution in [0.4, 0.5) is 0 Å². The lowest BCUT2D eigenvalue weighted by Crippen LogP contribution is -2.78. The predicted molar refractivity (Wildman–Crippen MR) is 327 cm³/mol. The summed E-state index contributed by atoms with van der Waals surface area (Å²) in [5, 5.41) is 14.5. The highest BCUT2D eigenvalue weighted by Crippen LogP contribution is 2.89. The van der Waals surface area contributed by atoms with Gasteiger partial charge in [-0.2, -0.15) is 0 Å². The van der Waals surface area contributed by atoms with E-state index in [0.717, 1.165) is 56.3 Å². The van der Waals surface area contributed by atoms with Crippen molar-refractivity contribution in [1.29, 1.82) is 0 Å². The van der Waals surface area contributed by atoms with E-state index < -0.39 is 16.4 Å². The SMILES string of the molecule is CC1CC2=C3C4C5=C6C(C=CC(C7CCCC8(CCCC8)C7)CC7C68C(=O)OC(=C(O)CC6C9CC%10(CCCC%10)C%10(CCCC%10%11CCCC%11C#CCC%10C%11CN3C3C(CCC%11C3CN6%10)C2)C9)C8(CC5)C72OC(=O)c3c(CCCN)cccc32)CC14. The number of allylic oxidation sites excluding steroid dienone is 4. The van der Waals surface area contributed by atoms with Crippen molar-refractivity contribution in [1.82, 2.24) is 9.80 Å². The van der Waals surface area contributed by atoms with E-state index in [2.05, 4.69) is 58.9 Å². The Morgan fingerprint density at radius 1 is 0.776 bits per heavy atom. The van der Waals surface area contributed by atoms with Crippen LogP contribution in [0.1, 0.15) is 227 Å². The van der Waals surface area contributed by atoms with E-state index in [1.54, 1.807) is 16.8 Å². The van der Waals surface area contributed by atoms with Crippen molar-refractivity contribution in [2.75, 3.05) is 19.6 Å². The average Bonchev–Trinajstić information content (AvgIpc) is 1.54. The molecular formula is C77H97N3O5. The highest BCUT2D eigenvalue weighted by molar-refractivity contribution is 6.00. The first-order valence-corrected chi connectivity index (χ1v) is 36.4. The quantitative estimate of drug-likeness (QED) is 0.175. The number of aliphatic hydroxyl groups excluding tert-OH is 1. The van der Waals surface area contributed by atoms with Crippen molar-refractivity contribution < 1.29 is 24.2 Å². The van der Waals surface area contributed by atoms with Gasteiger partial charge in [0.15, 0.2) is 11.4 Å². The number of aliphatic hydroxyl groups is 1. The van der Waals surface area contributed by atoms with Gasteiger partial charge >= 0.3 is 11.9 Å². The zero-order chi connectivity index (χ0) is 56.4. The molecule has 0 amide bonds. The minimum Gasteiger partial charge on any atom is -0.509 e. The maximum absolute atomic E-state index is 17.2. The number of esters is 2. The minimum atomic E-state index is -1.17. The van der Waals surface area contributed by atoms with Crippen LogP contribution >= 0.6 is 0 Å². The van der Waals surface area contributed by atoms with Gasteiger partial charge in [-0.1, -0.05) is 93.7 Å². The van der Waals surface area contributed by atoms with Gasteiger partial charge in [-0.15, -0.1) is 5.92 Å². The summed E-state index contributed by atoms with van der Waals surface area (Å²) >= 11 is 0. The van der Waals surface area contributed by atoms with Gasteiger partial charge in [0.1, 0.15) is 11.2 Å². The van der Waals surface area contributed by atoms with Crippen LogP contribution in [0.3, 0.4) is 0 Å². The van der Waals surface area contributed by atoms with Crippen LogP contribution in [0.2, 0.25) is 0 Å². The largest absolute Gasteiger partial charge is 0.509 e. The first-order valence-electron chi connectivity index (χ1n) is 36.4. The molecule has 7 spiro atoms. The van der Waals surface area contributed by atoms with Crippen molar-refractivity contribution in [3.05, 3.63) is 81.0 Å². The highest BCUT2D eigenvalue weighted by Gasteiger charge is 2.94. The Balaban J connectivity index is 0.855. The summed E-state index contributed by atoms with van der Waals surface area (Å²) in [5.74, 6) is 14.3. The maximum atomic E-state index is 17.2. The number of hydrogen-bond acceptors (Lipinski definition) is 8. The van der Waals surface area contributed by atoms with Gasteiger partial charge in [0, 0.05) is 73.1 Å². The number of rotatable bonds is 4. The number of ether oxygens (including phenoxy) is 2. The van der Waals surface area contributed by atoms with E-state index >= 15 is 9.59 Å². The fourth-order valence-electron chi connectivity index (χ4n) is 30.2. The fraction of sp³-hybridized carbons (Fsp3) is 0.766. The summed E-state index contributed by atoms with van der Waals surface area (Å²) in [6.45, 7) is 5.41. The molecule has 8 nitrogen and oxygen atoms in total. The lowest BCUT2D eigenvalue weighted by atomic mass is 9.27. The molecule has 1 aromatic carbocycles. The van der Waals surface area contributed by atoms with E-state index in [9.17, 15) is 5.11 Å². The molecule has 3 saturated heterocycles. The van der Waals surface area contributed by atoms with E-state index in [4.69, 9.17) is 15.2 Å². The minimum absolute atomic E-state index is 0.0875. The number of nitrogens with two attached hydrogens (primary N) is 1. The van der Waals surface area contributed by atoms with Gasteiger partial charge < -0.3 is 25.2 Å². The normalized spacial score (nSPS) is 49.8. The summed E-state index contributed by atoms with van der Waals surface area (Å²) in [6.07, 6.45) is 43.3. The number of nitrogens with zero attached hydrogens (tertiary/aromatic N) is 2. The summed E-state index contributed by atoms with van der Waals surface area (Å²) < 4.78 is 15.2. The molecule has 8 saturated carbocycles. The Bertz CT molecular complexity index is 3320. The van der Waals surface area contributed by atoms with Crippen LogP contribution in [-0.2, 0) is 26.3 Å². The van der Waals surface area contributed by atoms with Crippen LogP contribution in [0.15, 0.2) is 64.3 Å². The zero-order valence-corrected chi connectivity index (χ0v) is 51.4. The molecule has 85 heavy (non-hydrogen) atoms. The number of piperidine rings is 2. The topological polar surface area (TPSA) is 105 Å². The first-order chi connectivity index (χ1) is 41.5. The summed E-state index contributed by atoms with van der Waals surface area (Å²) in [5.41, 5.74) is 13.4. The summed E-state index contributed by atoms with van der Waals surface area (Å²) in [6, 6.07) is 7.55. The monoisotopic (exact) mass is 1140 g/mol. The van der Waals surface area contributed by atoms with E-state index in [1.807, 2.05) is 0 Å². The van der Waals surface area contributed by atoms with Gasteiger partial charge in [0.05, 0.1) is 11.0 Å².